The molecule has 0 radical (unpaired) electrons. The first-order chi connectivity index (χ1) is 11.3. The Morgan fingerprint density at radius 3 is 3.04 bits per heavy atom. The lowest BCUT2D eigenvalue weighted by atomic mass is 10.2. The van der Waals surface area contributed by atoms with Crippen molar-refractivity contribution in [1.82, 2.24) is 20.3 Å². The summed E-state index contributed by atoms with van der Waals surface area (Å²) in [4.78, 5) is 12.3. The molecule has 3 heterocycles. The normalized spacial score (nSPS) is 15.5. The maximum absolute atomic E-state index is 12.3. The first-order valence-electron chi connectivity index (χ1n) is 7.58. The second-order valence-corrected chi connectivity index (χ2v) is 5.62. The SMILES string of the molecule is O=C(NCC(c1ccco1)n1cccn1)c1cc(C2CC2)on1. The Morgan fingerprint density at radius 1 is 1.43 bits per heavy atom. The summed E-state index contributed by atoms with van der Waals surface area (Å²) in [5.74, 6) is 1.70. The maximum Gasteiger partial charge on any atom is 0.273 e. The van der Waals surface area contributed by atoms with Crippen molar-refractivity contribution in [3.63, 3.8) is 0 Å². The Morgan fingerprint density at radius 2 is 2.35 bits per heavy atom. The van der Waals surface area contributed by atoms with E-state index in [9.17, 15) is 4.79 Å². The number of carbonyl (C=O) groups is 1. The first kappa shape index (κ1) is 13.8. The van der Waals surface area contributed by atoms with E-state index >= 15 is 0 Å². The molecule has 118 valence electrons. The van der Waals surface area contributed by atoms with Crippen LogP contribution in [0.3, 0.4) is 0 Å². The highest BCUT2D eigenvalue weighted by molar-refractivity contribution is 5.92. The van der Waals surface area contributed by atoms with Crippen LogP contribution < -0.4 is 5.32 Å². The highest BCUT2D eigenvalue weighted by Gasteiger charge is 2.29. The van der Waals surface area contributed by atoms with Crippen molar-refractivity contribution in [1.29, 1.82) is 0 Å². The molecule has 0 aromatic carbocycles. The van der Waals surface area contributed by atoms with E-state index in [0.717, 1.165) is 24.4 Å². The highest BCUT2D eigenvalue weighted by atomic mass is 16.5. The summed E-state index contributed by atoms with van der Waals surface area (Å²) in [6.45, 7) is 0.347. The molecule has 1 fully saturated rings. The van der Waals surface area contributed by atoms with Gasteiger partial charge in [-0.05, 0) is 31.0 Å². The van der Waals surface area contributed by atoms with Crippen LogP contribution in [-0.2, 0) is 0 Å². The Bertz CT molecular complexity index is 738. The Balaban J connectivity index is 1.45. The molecule has 3 aromatic heterocycles. The highest BCUT2D eigenvalue weighted by Crippen LogP contribution is 2.40. The molecular formula is C16H16N4O3. The van der Waals surface area contributed by atoms with Gasteiger partial charge in [0.2, 0.25) is 0 Å². The molecule has 4 rings (SSSR count). The van der Waals surface area contributed by atoms with Gasteiger partial charge in [-0.2, -0.15) is 5.10 Å². The molecule has 3 aromatic rings. The van der Waals surface area contributed by atoms with Gasteiger partial charge in [-0.3, -0.25) is 9.48 Å². The number of amides is 1. The zero-order valence-electron chi connectivity index (χ0n) is 12.4. The average Bonchev–Trinajstić information content (AvgIpc) is 3.06. The minimum Gasteiger partial charge on any atom is -0.467 e. The molecule has 1 amide bonds. The van der Waals surface area contributed by atoms with Gasteiger partial charge in [0.15, 0.2) is 5.69 Å². The summed E-state index contributed by atoms with van der Waals surface area (Å²) in [6, 6.07) is 7.02. The van der Waals surface area contributed by atoms with E-state index in [4.69, 9.17) is 8.94 Å². The van der Waals surface area contributed by atoms with Gasteiger partial charge in [-0.1, -0.05) is 5.16 Å². The third-order valence-corrected chi connectivity index (χ3v) is 3.91. The lowest BCUT2D eigenvalue weighted by molar-refractivity contribution is 0.0939. The van der Waals surface area contributed by atoms with E-state index in [1.54, 1.807) is 23.2 Å². The van der Waals surface area contributed by atoms with Crippen LogP contribution in [-0.4, -0.2) is 27.4 Å². The molecule has 7 heteroatoms. The van der Waals surface area contributed by atoms with E-state index in [1.807, 2.05) is 24.4 Å². The van der Waals surface area contributed by atoms with E-state index in [2.05, 4.69) is 15.6 Å². The number of hydrogen-bond donors (Lipinski definition) is 1. The fourth-order valence-corrected chi connectivity index (χ4v) is 2.51. The van der Waals surface area contributed by atoms with E-state index in [0.29, 0.717) is 18.2 Å². The number of carbonyl (C=O) groups excluding carboxylic acids is 1. The number of furan rings is 1. The van der Waals surface area contributed by atoms with Crippen molar-refractivity contribution >= 4 is 5.91 Å². The summed E-state index contributed by atoms with van der Waals surface area (Å²) in [6.07, 6.45) is 7.34. The zero-order chi connectivity index (χ0) is 15.6. The van der Waals surface area contributed by atoms with Crippen LogP contribution in [0, 0.1) is 0 Å². The minimum absolute atomic E-state index is 0.209. The van der Waals surface area contributed by atoms with Crippen LogP contribution in [0.5, 0.6) is 0 Å². The van der Waals surface area contributed by atoms with E-state index in [-0.39, 0.29) is 11.9 Å². The lowest BCUT2D eigenvalue weighted by Crippen LogP contribution is -2.31. The monoisotopic (exact) mass is 312 g/mol. The zero-order valence-corrected chi connectivity index (χ0v) is 12.4. The number of rotatable bonds is 6. The largest absolute Gasteiger partial charge is 0.467 e. The third-order valence-electron chi connectivity index (χ3n) is 3.91. The topological polar surface area (TPSA) is 86.1 Å². The molecular weight excluding hydrogens is 296 g/mol. The quantitative estimate of drug-likeness (QED) is 0.755. The molecule has 1 aliphatic carbocycles. The van der Waals surface area contributed by atoms with Crippen molar-refractivity contribution in [2.75, 3.05) is 6.54 Å². The van der Waals surface area contributed by atoms with Crippen LogP contribution >= 0.6 is 0 Å². The Kier molecular flexibility index (Phi) is 3.45. The second-order valence-electron chi connectivity index (χ2n) is 5.62. The Hall–Kier alpha value is -2.83. The number of hydrogen-bond acceptors (Lipinski definition) is 5. The summed E-state index contributed by atoms with van der Waals surface area (Å²) >= 11 is 0. The molecule has 0 spiro atoms. The van der Waals surface area contributed by atoms with Gasteiger partial charge in [0.05, 0.1) is 6.26 Å². The van der Waals surface area contributed by atoms with Gasteiger partial charge in [-0.15, -0.1) is 0 Å². The van der Waals surface area contributed by atoms with Crippen molar-refractivity contribution in [3.8, 4) is 0 Å². The molecule has 1 saturated carbocycles. The van der Waals surface area contributed by atoms with Gasteiger partial charge in [-0.25, -0.2) is 0 Å². The molecule has 1 aliphatic rings. The molecule has 7 nitrogen and oxygen atoms in total. The minimum atomic E-state index is -0.260. The van der Waals surface area contributed by atoms with Crippen molar-refractivity contribution in [2.24, 2.45) is 0 Å². The average molecular weight is 312 g/mol. The van der Waals surface area contributed by atoms with Gasteiger partial charge < -0.3 is 14.3 Å². The van der Waals surface area contributed by atoms with Gasteiger partial charge >= 0.3 is 0 Å². The smallest absolute Gasteiger partial charge is 0.273 e. The molecule has 1 N–H and O–H groups in total. The van der Waals surface area contributed by atoms with Crippen LogP contribution in [0.15, 0.2) is 51.9 Å². The standard InChI is InChI=1S/C16H16N4O3/c21-16(12-9-15(23-19-12)11-4-5-11)17-10-13(14-3-1-8-22-14)20-7-2-6-18-20/h1-3,6-9,11,13H,4-5,10H2,(H,17,21). The van der Waals surface area contributed by atoms with Crippen molar-refractivity contribution < 1.29 is 13.7 Å². The van der Waals surface area contributed by atoms with E-state index < -0.39 is 0 Å². The van der Waals surface area contributed by atoms with Crippen LogP contribution in [0.2, 0.25) is 0 Å². The van der Waals surface area contributed by atoms with Crippen LogP contribution in [0.25, 0.3) is 0 Å². The molecule has 0 bridgehead atoms. The molecule has 23 heavy (non-hydrogen) atoms. The van der Waals surface area contributed by atoms with Gasteiger partial charge in [0, 0.05) is 30.9 Å². The third kappa shape index (κ3) is 2.90. The summed E-state index contributed by atoms with van der Waals surface area (Å²) < 4.78 is 12.4. The van der Waals surface area contributed by atoms with Gasteiger partial charge in [0.25, 0.3) is 5.91 Å². The lowest BCUT2D eigenvalue weighted by Gasteiger charge is -2.15. The summed E-state index contributed by atoms with van der Waals surface area (Å²) in [5, 5.41) is 10.9. The van der Waals surface area contributed by atoms with Crippen molar-refractivity contribution in [3.05, 3.63) is 60.1 Å². The second kappa shape index (κ2) is 5.75. The molecule has 1 atom stereocenters. The number of nitrogens with zero attached hydrogens (tertiary/aromatic N) is 3. The summed E-state index contributed by atoms with van der Waals surface area (Å²) in [7, 11) is 0. The first-order valence-corrected chi connectivity index (χ1v) is 7.58. The Labute approximate surface area is 132 Å². The maximum atomic E-state index is 12.3. The molecule has 0 saturated heterocycles. The summed E-state index contributed by atoms with van der Waals surface area (Å²) in [5.41, 5.74) is 0.311. The molecule has 0 aliphatic heterocycles. The van der Waals surface area contributed by atoms with Crippen molar-refractivity contribution in [2.45, 2.75) is 24.8 Å². The number of nitrogens with one attached hydrogen (secondary N) is 1. The van der Waals surface area contributed by atoms with Crippen LogP contribution in [0.1, 0.15) is 46.8 Å². The predicted octanol–water partition coefficient (Wildman–Crippen LogP) is 2.36. The van der Waals surface area contributed by atoms with E-state index in [1.165, 1.54) is 0 Å². The fraction of sp³-hybridized carbons (Fsp3) is 0.312. The number of aromatic nitrogens is 3. The van der Waals surface area contributed by atoms with Crippen LogP contribution in [0.4, 0.5) is 0 Å². The van der Waals surface area contributed by atoms with Gasteiger partial charge in [0.1, 0.15) is 17.6 Å². The molecule has 1 unspecified atom stereocenters. The fourth-order valence-electron chi connectivity index (χ4n) is 2.51. The predicted molar refractivity (Wildman–Crippen MR) is 79.9 cm³/mol.